The normalized spacial score (nSPS) is 18.4. The van der Waals surface area contributed by atoms with E-state index in [1.165, 1.54) is 4.31 Å². The second kappa shape index (κ2) is 4.44. The Kier molecular flexibility index (Phi) is 3.34. The van der Waals surface area contributed by atoms with Crippen molar-refractivity contribution in [1.82, 2.24) is 4.31 Å². The maximum absolute atomic E-state index is 12.1. The summed E-state index contributed by atoms with van der Waals surface area (Å²) in [4.78, 5) is 0.331. The summed E-state index contributed by atoms with van der Waals surface area (Å²) in [5.41, 5.74) is 5.47. The lowest BCUT2D eigenvalue weighted by Crippen LogP contribution is -2.52. The SMILES string of the molecule is NCC1CN(S(=O)(=O)c2cccc(Br)c2)C1. The number of rotatable bonds is 3. The quantitative estimate of drug-likeness (QED) is 0.907. The average Bonchev–Trinajstić information content (AvgIpc) is 2.15. The van der Waals surface area contributed by atoms with E-state index in [0.717, 1.165) is 4.47 Å². The standard InChI is InChI=1S/C10H13BrN2O2S/c11-9-2-1-3-10(4-9)16(14,15)13-6-8(5-12)7-13/h1-4,8H,5-7,12H2. The van der Waals surface area contributed by atoms with Crippen LogP contribution >= 0.6 is 15.9 Å². The number of nitrogens with zero attached hydrogens (tertiary/aromatic N) is 1. The molecule has 1 fully saturated rings. The molecule has 2 N–H and O–H groups in total. The van der Waals surface area contributed by atoms with Crippen LogP contribution in [0.25, 0.3) is 0 Å². The van der Waals surface area contributed by atoms with Crippen LogP contribution in [0.5, 0.6) is 0 Å². The van der Waals surface area contributed by atoms with Crippen LogP contribution in [0.3, 0.4) is 0 Å². The minimum Gasteiger partial charge on any atom is -0.330 e. The summed E-state index contributed by atoms with van der Waals surface area (Å²) in [6.45, 7) is 1.61. The van der Waals surface area contributed by atoms with Gasteiger partial charge in [0.05, 0.1) is 4.90 Å². The molecule has 1 aromatic rings. The van der Waals surface area contributed by atoms with Gasteiger partial charge in [0.1, 0.15) is 0 Å². The van der Waals surface area contributed by atoms with Crippen LogP contribution in [0.2, 0.25) is 0 Å². The van der Waals surface area contributed by atoms with E-state index in [9.17, 15) is 8.42 Å². The van der Waals surface area contributed by atoms with Crippen molar-refractivity contribution in [2.75, 3.05) is 19.6 Å². The highest BCUT2D eigenvalue weighted by atomic mass is 79.9. The van der Waals surface area contributed by atoms with Crippen LogP contribution in [-0.4, -0.2) is 32.4 Å². The Balaban J connectivity index is 2.21. The molecule has 0 spiro atoms. The molecule has 2 rings (SSSR count). The van der Waals surface area contributed by atoms with E-state index in [1.54, 1.807) is 24.3 Å². The van der Waals surface area contributed by atoms with Gasteiger partial charge in [0, 0.05) is 17.6 Å². The van der Waals surface area contributed by atoms with Gasteiger partial charge in [-0.15, -0.1) is 0 Å². The number of hydrogen-bond acceptors (Lipinski definition) is 3. The Morgan fingerprint density at radius 2 is 2.12 bits per heavy atom. The van der Waals surface area contributed by atoms with Gasteiger partial charge in [0.2, 0.25) is 10.0 Å². The molecule has 1 aliphatic heterocycles. The molecule has 0 unspecified atom stereocenters. The zero-order valence-electron chi connectivity index (χ0n) is 8.64. The molecule has 1 heterocycles. The van der Waals surface area contributed by atoms with Gasteiger partial charge in [-0.2, -0.15) is 4.31 Å². The molecule has 0 aliphatic carbocycles. The van der Waals surface area contributed by atoms with Crippen LogP contribution in [0.1, 0.15) is 0 Å². The van der Waals surface area contributed by atoms with Gasteiger partial charge >= 0.3 is 0 Å². The Hall–Kier alpha value is -0.430. The molecule has 16 heavy (non-hydrogen) atoms. The zero-order valence-corrected chi connectivity index (χ0v) is 11.0. The summed E-state index contributed by atoms with van der Waals surface area (Å²) in [6, 6.07) is 6.75. The maximum Gasteiger partial charge on any atom is 0.243 e. The molecule has 0 atom stereocenters. The van der Waals surface area contributed by atoms with Crippen LogP contribution < -0.4 is 5.73 Å². The molecule has 4 nitrogen and oxygen atoms in total. The lowest BCUT2D eigenvalue weighted by atomic mass is 10.0. The van der Waals surface area contributed by atoms with Crippen molar-refractivity contribution in [1.29, 1.82) is 0 Å². The summed E-state index contributed by atoms with van der Waals surface area (Å²) in [5, 5.41) is 0. The molecular weight excluding hydrogens is 292 g/mol. The summed E-state index contributed by atoms with van der Waals surface area (Å²) in [5.74, 6) is 0.307. The van der Waals surface area contributed by atoms with Crippen LogP contribution in [-0.2, 0) is 10.0 Å². The van der Waals surface area contributed by atoms with Gasteiger partial charge in [-0.1, -0.05) is 22.0 Å². The number of hydrogen-bond donors (Lipinski definition) is 1. The average molecular weight is 305 g/mol. The molecule has 0 bridgehead atoms. The van der Waals surface area contributed by atoms with Gasteiger partial charge in [0.25, 0.3) is 0 Å². The zero-order chi connectivity index (χ0) is 11.8. The van der Waals surface area contributed by atoms with E-state index in [-0.39, 0.29) is 0 Å². The molecule has 1 aliphatic rings. The minimum absolute atomic E-state index is 0.307. The van der Waals surface area contributed by atoms with Crippen molar-refractivity contribution < 1.29 is 8.42 Å². The molecule has 1 saturated heterocycles. The van der Waals surface area contributed by atoms with Crippen LogP contribution in [0.4, 0.5) is 0 Å². The van der Waals surface area contributed by atoms with Crippen molar-refractivity contribution >= 4 is 26.0 Å². The van der Waals surface area contributed by atoms with Crippen LogP contribution in [0, 0.1) is 5.92 Å². The van der Waals surface area contributed by atoms with Crippen molar-refractivity contribution in [3.8, 4) is 0 Å². The minimum atomic E-state index is -3.32. The molecule has 0 radical (unpaired) electrons. The first-order valence-electron chi connectivity index (χ1n) is 5.00. The van der Waals surface area contributed by atoms with Gasteiger partial charge in [-0.3, -0.25) is 0 Å². The third-order valence-electron chi connectivity index (χ3n) is 2.69. The first-order valence-corrected chi connectivity index (χ1v) is 7.23. The molecule has 1 aromatic carbocycles. The van der Waals surface area contributed by atoms with Crippen molar-refractivity contribution in [2.24, 2.45) is 11.7 Å². The topological polar surface area (TPSA) is 63.4 Å². The van der Waals surface area contributed by atoms with Gasteiger partial charge in [0.15, 0.2) is 0 Å². The van der Waals surface area contributed by atoms with Crippen molar-refractivity contribution in [3.05, 3.63) is 28.7 Å². The van der Waals surface area contributed by atoms with E-state index in [2.05, 4.69) is 15.9 Å². The predicted octanol–water partition coefficient (Wildman–Crippen LogP) is 1.03. The fraction of sp³-hybridized carbons (Fsp3) is 0.400. The molecule has 0 aromatic heterocycles. The Morgan fingerprint density at radius 3 is 2.69 bits per heavy atom. The molecule has 6 heteroatoms. The van der Waals surface area contributed by atoms with E-state index in [0.29, 0.717) is 30.4 Å². The van der Waals surface area contributed by atoms with E-state index in [1.807, 2.05) is 0 Å². The Morgan fingerprint density at radius 1 is 1.44 bits per heavy atom. The fourth-order valence-electron chi connectivity index (χ4n) is 1.64. The van der Waals surface area contributed by atoms with Crippen molar-refractivity contribution in [2.45, 2.75) is 4.90 Å². The number of nitrogens with two attached hydrogens (primary N) is 1. The van der Waals surface area contributed by atoms with Gasteiger partial charge in [-0.05, 0) is 30.7 Å². The number of sulfonamides is 1. The smallest absolute Gasteiger partial charge is 0.243 e. The largest absolute Gasteiger partial charge is 0.330 e. The van der Waals surface area contributed by atoms with Gasteiger partial charge in [-0.25, -0.2) is 8.42 Å². The Labute approximate surface area is 104 Å². The summed E-state index contributed by atoms with van der Waals surface area (Å²) < 4.78 is 26.4. The first-order chi connectivity index (χ1) is 7.54. The predicted molar refractivity (Wildman–Crippen MR) is 65.4 cm³/mol. The van der Waals surface area contributed by atoms with E-state index >= 15 is 0 Å². The molecule has 0 saturated carbocycles. The third kappa shape index (κ3) is 2.15. The third-order valence-corrected chi connectivity index (χ3v) is 5.01. The fourth-order valence-corrected chi connectivity index (χ4v) is 3.83. The highest BCUT2D eigenvalue weighted by molar-refractivity contribution is 9.10. The first kappa shape index (κ1) is 12.0. The highest BCUT2D eigenvalue weighted by Crippen LogP contribution is 2.25. The summed E-state index contributed by atoms with van der Waals surface area (Å²) in [7, 11) is -3.32. The second-order valence-corrected chi connectivity index (χ2v) is 6.73. The Bertz CT molecular complexity index is 483. The molecule has 0 amide bonds. The summed E-state index contributed by atoms with van der Waals surface area (Å²) >= 11 is 3.27. The van der Waals surface area contributed by atoms with E-state index < -0.39 is 10.0 Å². The van der Waals surface area contributed by atoms with Crippen molar-refractivity contribution in [3.63, 3.8) is 0 Å². The van der Waals surface area contributed by atoms with Gasteiger partial charge < -0.3 is 5.73 Å². The lowest BCUT2D eigenvalue weighted by Gasteiger charge is -2.37. The molecular formula is C10H13BrN2O2S. The molecule has 88 valence electrons. The second-order valence-electron chi connectivity index (χ2n) is 3.88. The monoisotopic (exact) mass is 304 g/mol. The lowest BCUT2D eigenvalue weighted by molar-refractivity contribution is 0.207. The number of halogens is 1. The maximum atomic E-state index is 12.1. The summed E-state index contributed by atoms with van der Waals surface area (Å²) in [6.07, 6.45) is 0. The van der Waals surface area contributed by atoms with Crippen LogP contribution in [0.15, 0.2) is 33.6 Å². The number of benzene rings is 1. The highest BCUT2D eigenvalue weighted by Gasteiger charge is 2.35. The van der Waals surface area contributed by atoms with E-state index in [4.69, 9.17) is 5.73 Å².